The summed E-state index contributed by atoms with van der Waals surface area (Å²) in [7, 11) is 1.41. The summed E-state index contributed by atoms with van der Waals surface area (Å²) in [6.45, 7) is -0.116. The SMILES string of the molecule is COCC(=O)N[C@@H](Cc1ccc2ccccc2n1)C(N)=O. The number of hydrogen-bond donors (Lipinski definition) is 2. The second kappa shape index (κ2) is 6.81. The van der Waals surface area contributed by atoms with Crippen molar-refractivity contribution in [2.75, 3.05) is 13.7 Å². The first-order valence-electron chi connectivity index (χ1n) is 6.52. The number of nitrogens with zero attached hydrogens (tertiary/aromatic N) is 1. The highest BCUT2D eigenvalue weighted by Crippen LogP contribution is 2.12. The number of carbonyl (C=O) groups is 2. The summed E-state index contributed by atoms with van der Waals surface area (Å²) in [6, 6.07) is 10.6. The van der Waals surface area contributed by atoms with Gasteiger partial charge in [-0.15, -0.1) is 0 Å². The topological polar surface area (TPSA) is 94.3 Å². The normalized spacial score (nSPS) is 12.0. The zero-order chi connectivity index (χ0) is 15.2. The minimum atomic E-state index is -0.804. The summed E-state index contributed by atoms with van der Waals surface area (Å²) in [5.41, 5.74) is 6.84. The van der Waals surface area contributed by atoms with Gasteiger partial charge in [-0.3, -0.25) is 14.6 Å². The number of benzene rings is 1. The summed E-state index contributed by atoms with van der Waals surface area (Å²) >= 11 is 0. The third-order valence-corrected chi connectivity index (χ3v) is 3.02. The fourth-order valence-corrected chi connectivity index (χ4v) is 2.02. The third-order valence-electron chi connectivity index (χ3n) is 3.02. The van der Waals surface area contributed by atoms with Gasteiger partial charge in [0, 0.05) is 24.6 Å². The van der Waals surface area contributed by atoms with Crippen LogP contribution in [0.2, 0.25) is 0 Å². The van der Waals surface area contributed by atoms with Crippen LogP contribution >= 0.6 is 0 Å². The van der Waals surface area contributed by atoms with Gasteiger partial charge >= 0.3 is 0 Å². The number of aromatic nitrogens is 1. The summed E-state index contributed by atoms with van der Waals surface area (Å²) < 4.78 is 4.71. The van der Waals surface area contributed by atoms with Crippen LogP contribution in [-0.4, -0.2) is 36.6 Å². The molecule has 0 bridgehead atoms. The van der Waals surface area contributed by atoms with Crippen LogP contribution in [0.5, 0.6) is 0 Å². The van der Waals surface area contributed by atoms with Gasteiger partial charge in [-0.1, -0.05) is 24.3 Å². The van der Waals surface area contributed by atoms with Crippen molar-refractivity contribution < 1.29 is 14.3 Å². The average Bonchev–Trinajstić information content (AvgIpc) is 2.46. The smallest absolute Gasteiger partial charge is 0.246 e. The average molecular weight is 287 g/mol. The summed E-state index contributed by atoms with van der Waals surface area (Å²) in [6.07, 6.45) is 0.246. The van der Waals surface area contributed by atoms with Crippen LogP contribution in [0.15, 0.2) is 36.4 Å². The lowest BCUT2D eigenvalue weighted by Crippen LogP contribution is -2.47. The number of ether oxygens (including phenoxy) is 1. The van der Waals surface area contributed by atoms with Gasteiger partial charge in [-0.2, -0.15) is 0 Å². The number of pyridine rings is 1. The highest BCUT2D eigenvalue weighted by atomic mass is 16.5. The van der Waals surface area contributed by atoms with E-state index in [1.54, 1.807) is 0 Å². The molecule has 110 valence electrons. The van der Waals surface area contributed by atoms with Crippen LogP contribution in [0.3, 0.4) is 0 Å². The van der Waals surface area contributed by atoms with Gasteiger partial charge in [0.05, 0.1) is 5.52 Å². The van der Waals surface area contributed by atoms with E-state index in [1.807, 2.05) is 36.4 Å². The van der Waals surface area contributed by atoms with Crippen molar-refractivity contribution in [3.05, 3.63) is 42.1 Å². The van der Waals surface area contributed by atoms with Crippen LogP contribution in [0.4, 0.5) is 0 Å². The first-order valence-corrected chi connectivity index (χ1v) is 6.52. The molecule has 0 saturated heterocycles. The van der Waals surface area contributed by atoms with Gasteiger partial charge < -0.3 is 15.8 Å². The molecule has 0 saturated carbocycles. The number of carbonyl (C=O) groups excluding carboxylic acids is 2. The lowest BCUT2D eigenvalue weighted by molar-refractivity contribution is -0.129. The molecule has 1 aromatic carbocycles. The van der Waals surface area contributed by atoms with Crippen molar-refractivity contribution in [1.29, 1.82) is 0 Å². The molecule has 3 N–H and O–H groups in total. The fourth-order valence-electron chi connectivity index (χ4n) is 2.02. The highest BCUT2D eigenvalue weighted by molar-refractivity contribution is 5.87. The number of rotatable bonds is 6. The van der Waals surface area contributed by atoms with Gasteiger partial charge in [0.1, 0.15) is 12.6 Å². The van der Waals surface area contributed by atoms with E-state index < -0.39 is 11.9 Å². The van der Waals surface area contributed by atoms with E-state index in [0.717, 1.165) is 10.9 Å². The summed E-state index contributed by atoms with van der Waals surface area (Å²) in [5.74, 6) is -0.989. The molecule has 21 heavy (non-hydrogen) atoms. The van der Waals surface area contributed by atoms with Crippen molar-refractivity contribution in [2.24, 2.45) is 5.73 Å². The van der Waals surface area contributed by atoms with Gasteiger partial charge in [0.25, 0.3) is 0 Å². The van der Waals surface area contributed by atoms with Crippen LogP contribution in [0.25, 0.3) is 10.9 Å². The molecule has 6 nitrogen and oxygen atoms in total. The molecule has 0 radical (unpaired) electrons. The van der Waals surface area contributed by atoms with Crippen molar-refractivity contribution >= 4 is 22.7 Å². The quantitative estimate of drug-likeness (QED) is 0.803. The Morgan fingerprint density at radius 3 is 2.76 bits per heavy atom. The zero-order valence-electron chi connectivity index (χ0n) is 11.7. The Morgan fingerprint density at radius 1 is 1.29 bits per heavy atom. The zero-order valence-corrected chi connectivity index (χ0v) is 11.7. The molecule has 1 atom stereocenters. The molecule has 0 unspecified atom stereocenters. The monoisotopic (exact) mass is 287 g/mol. The lowest BCUT2D eigenvalue weighted by atomic mass is 10.1. The Kier molecular flexibility index (Phi) is 4.84. The maximum Gasteiger partial charge on any atom is 0.246 e. The number of methoxy groups -OCH3 is 1. The number of amides is 2. The summed E-state index contributed by atoms with van der Waals surface area (Å²) in [5, 5.41) is 3.55. The summed E-state index contributed by atoms with van der Waals surface area (Å²) in [4.78, 5) is 27.4. The number of nitrogens with one attached hydrogen (secondary N) is 1. The molecule has 1 aromatic heterocycles. The lowest BCUT2D eigenvalue weighted by Gasteiger charge is -2.15. The molecule has 0 aliphatic heterocycles. The molecule has 6 heteroatoms. The number of fused-ring (bicyclic) bond motifs is 1. The molecular weight excluding hydrogens is 270 g/mol. The second-order valence-corrected chi connectivity index (χ2v) is 4.65. The third kappa shape index (κ3) is 4.00. The minimum Gasteiger partial charge on any atom is -0.375 e. The van der Waals surface area contributed by atoms with E-state index in [2.05, 4.69) is 10.3 Å². The molecule has 0 aliphatic rings. The number of primary amides is 1. The Hall–Kier alpha value is -2.47. The molecule has 2 aromatic rings. The predicted octanol–water partition coefficient (Wildman–Crippen LogP) is 0.394. The fraction of sp³-hybridized carbons (Fsp3) is 0.267. The van der Waals surface area contributed by atoms with Crippen molar-refractivity contribution in [3.8, 4) is 0 Å². The van der Waals surface area contributed by atoms with Gasteiger partial charge in [0.2, 0.25) is 11.8 Å². The van der Waals surface area contributed by atoms with E-state index in [4.69, 9.17) is 10.5 Å². The Morgan fingerprint density at radius 2 is 2.05 bits per heavy atom. The molecule has 0 spiro atoms. The second-order valence-electron chi connectivity index (χ2n) is 4.65. The van der Waals surface area contributed by atoms with Crippen LogP contribution in [0, 0.1) is 0 Å². The van der Waals surface area contributed by atoms with E-state index in [0.29, 0.717) is 5.69 Å². The predicted molar refractivity (Wildman–Crippen MR) is 78.4 cm³/mol. The Balaban J connectivity index is 2.14. The molecular formula is C15H17N3O3. The maximum absolute atomic E-state index is 11.5. The standard InChI is InChI=1S/C15H17N3O3/c1-21-9-14(19)18-13(15(16)20)8-11-7-6-10-4-2-3-5-12(10)17-11/h2-7,13H,8-9H2,1H3,(H2,16,20)(H,18,19)/t13-/m0/s1. The van der Waals surface area contributed by atoms with Crippen molar-refractivity contribution in [2.45, 2.75) is 12.5 Å². The van der Waals surface area contributed by atoms with Gasteiger partial charge in [0.15, 0.2) is 0 Å². The number of para-hydroxylation sites is 1. The first-order chi connectivity index (χ1) is 10.1. The molecule has 2 amide bonds. The van der Waals surface area contributed by atoms with Gasteiger partial charge in [-0.05, 0) is 12.1 Å². The Labute approximate surface area is 122 Å². The van der Waals surface area contributed by atoms with Crippen LogP contribution < -0.4 is 11.1 Å². The Bertz CT molecular complexity index is 657. The number of nitrogens with two attached hydrogens (primary N) is 1. The van der Waals surface area contributed by atoms with E-state index in [9.17, 15) is 9.59 Å². The molecule has 0 aliphatic carbocycles. The molecule has 0 fully saturated rings. The largest absolute Gasteiger partial charge is 0.375 e. The number of hydrogen-bond acceptors (Lipinski definition) is 4. The molecule has 2 rings (SSSR count). The van der Waals surface area contributed by atoms with E-state index in [1.165, 1.54) is 7.11 Å². The van der Waals surface area contributed by atoms with E-state index >= 15 is 0 Å². The van der Waals surface area contributed by atoms with Gasteiger partial charge in [-0.25, -0.2) is 0 Å². The first kappa shape index (κ1) is 14.9. The van der Waals surface area contributed by atoms with Crippen LogP contribution in [0.1, 0.15) is 5.69 Å². The maximum atomic E-state index is 11.5. The van der Waals surface area contributed by atoms with Crippen LogP contribution in [-0.2, 0) is 20.7 Å². The highest BCUT2D eigenvalue weighted by Gasteiger charge is 2.19. The molecule has 1 heterocycles. The van der Waals surface area contributed by atoms with Crippen molar-refractivity contribution in [3.63, 3.8) is 0 Å². The van der Waals surface area contributed by atoms with E-state index in [-0.39, 0.29) is 18.9 Å². The minimum absolute atomic E-state index is 0.116. The van der Waals surface area contributed by atoms with Crippen molar-refractivity contribution in [1.82, 2.24) is 10.3 Å².